The summed E-state index contributed by atoms with van der Waals surface area (Å²) in [6.07, 6.45) is -1.61. The van der Waals surface area contributed by atoms with Crippen molar-refractivity contribution in [3.05, 3.63) is 53.9 Å². The Bertz CT molecular complexity index is 876. The van der Waals surface area contributed by atoms with E-state index in [1.165, 1.54) is 18.2 Å². The molecule has 0 aliphatic carbocycles. The molecule has 0 aliphatic heterocycles. The standard InChI is InChI=1S/C22H25F3N2O5/c1-2-30-20(28)8-4-6-12-31-19-10-9-17(32-15-22(23,24)25)13-18(19)21(29)27-14-16-7-3-5-11-26-16/h3,5,7,9-11,13H,2,4,6,8,12,14-15H2,1H3,(H,27,29). The zero-order valence-corrected chi connectivity index (χ0v) is 17.6. The van der Waals surface area contributed by atoms with E-state index in [1.54, 1.807) is 31.3 Å². The van der Waals surface area contributed by atoms with Gasteiger partial charge in [0, 0.05) is 12.6 Å². The molecule has 0 saturated heterocycles. The smallest absolute Gasteiger partial charge is 0.422 e. The fraction of sp³-hybridized carbons (Fsp3) is 0.409. The average molecular weight is 454 g/mol. The van der Waals surface area contributed by atoms with Crippen molar-refractivity contribution in [3.63, 3.8) is 0 Å². The summed E-state index contributed by atoms with van der Waals surface area (Å²) in [5.41, 5.74) is 0.651. The van der Waals surface area contributed by atoms with Gasteiger partial charge in [0.2, 0.25) is 0 Å². The number of carbonyl (C=O) groups is 2. The number of hydrogen-bond donors (Lipinski definition) is 1. The molecule has 32 heavy (non-hydrogen) atoms. The van der Waals surface area contributed by atoms with Gasteiger partial charge in [-0.25, -0.2) is 0 Å². The maximum atomic E-state index is 12.7. The third kappa shape index (κ3) is 9.23. The van der Waals surface area contributed by atoms with Crippen LogP contribution >= 0.6 is 0 Å². The quantitative estimate of drug-likeness (QED) is 0.384. The van der Waals surface area contributed by atoms with Crippen molar-refractivity contribution in [2.45, 2.75) is 38.9 Å². The van der Waals surface area contributed by atoms with Gasteiger partial charge in [0.25, 0.3) is 5.91 Å². The van der Waals surface area contributed by atoms with Crippen molar-refractivity contribution in [1.29, 1.82) is 0 Å². The van der Waals surface area contributed by atoms with Crippen molar-refractivity contribution in [2.75, 3.05) is 19.8 Å². The number of nitrogens with one attached hydrogen (secondary N) is 1. The van der Waals surface area contributed by atoms with Crippen LogP contribution in [-0.4, -0.2) is 42.9 Å². The first kappa shape index (κ1) is 25.0. The van der Waals surface area contributed by atoms with Crippen molar-refractivity contribution in [3.8, 4) is 11.5 Å². The number of benzene rings is 1. The predicted octanol–water partition coefficient (Wildman–Crippen LogP) is 4.06. The lowest BCUT2D eigenvalue weighted by Gasteiger charge is -2.15. The van der Waals surface area contributed by atoms with Crippen LogP contribution in [0.5, 0.6) is 11.5 Å². The van der Waals surface area contributed by atoms with Crippen molar-refractivity contribution in [2.24, 2.45) is 0 Å². The summed E-state index contributed by atoms with van der Waals surface area (Å²) in [6, 6.07) is 9.12. The van der Waals surface area contributed by atoms with Crippen molar-refractivity contribution in [1.82, 2.24) is 10.3 Å². The largest absolute Gasteiger partial charge is 0.493 e. The number of ether oxygens (including phenoxy) is 3. The number of hydrogen-bond acceptors (Lipinski definition) is 6. The molecule has 1 aromatic heterocycles. The first-order chi connectivity index (χ1) is 15.3. The lowest BCUT2D eigenvalue weighted by atomic mass is 10.1. The Morgan fingerprint density at radius 3 is 2.59 bits per heavy atom. The highest BCUT2D eigenvalue weighted by atomic mass is 19.4. The van der Waals surface area contributed by atoms with E-state index in [9.17, 15) is 22.8 Å². The molecule has 1 aromatic carbocycles. The first-order valence-corrected chi connectivity index (χ1v) is 10.1. The lowest BCUT2D eigenvalue weighted by molar-refractivity contribution is -0.153. The molecule has 0 atom stereocenters. The summed E-state index contributed by atoms with van der Waals surface area (Å²) in [5.74, 6) is -0.762. The lowest BCUT2D eigenvalue weighted by Crippen LogP contribution is -2.24. The Balaban J connectivity index is 2.02. The molecule has 1 amide bonds. The summed E-state index contributed by atoms with van der Waals surface area (Å²) < 4.78 is 52.6. The van der Waals surface area contributed by atoms with Gasteiger partial charge in [-0.05, 0) is 50.1 Å². The molecule has 1 heterocycles. The highest BCUT2D eigenvalue weighted by molar-refractivity contribution is 5.97. The van der Waals surface area contributed by atoms with E-state index in [0.29, 0.717) is 25.1 Å². The van der Waals surface area contributed by atoms with Gasteiger partial charge in [-0.1, -0.05) is 6.07 Å². The van der Waals surface area contributed by atoms with Gasteiger partial charge in [0.15, 0.2) is 6.61 Å². The van der Waals surface area contributed by atoms with E-state index in [-0.39, 0.29) is 42.6 Å². The molecule has 2 rings (SSSR count). The zero-order chi connectivity index (χ0) is 23.4. The summed E-state index contributed by atoms with van der Waals surface area (Å²) in [4.78, 5) is 28.2. The van der Waals surface area contributed by atoms with E-state index in [2.05, 4.69) is 10.3 Å². The predicted molar refractivity (Wildman–Crippen MR) is 109 cm³/mol. The Morgan fingerprint density at radius 2 is 1.91 bits per heavy atom. The molecule has 0 aliphatic rings. The number of carbonyl (C=O) groups excluding carboxylic acids is 2. The molecule has 0 fully saturated rings. The highest BCUT2D eigenvalue weighted by Gasteiger charge is 2.28. The maximum absolute atomic E-state index is 12.7. The van der Waals surface area contributed by atoms with Crippen LogP contribution in [0.3, 0.4) is 0 Å². The van der Waals surface area contributed by atoms with Crippen LogP contribution in [-0.2, 0) is 16.1 Å². The monoisotopic (exact) mass is 454 g/mol. The minimum Gasteiger partial charge on any atom is -0.493 e. The molecular weight excluding hydrogens is 429 g/mol. The van der Waals surface area contributed by atoms with Crippen LogP contribution in [0, 0.1) is 0 Å². The van der Waals surface area contributed by atoms with Crippen LogP contribution < -0.4 is 14.8 Å². The third-order valence-corrected chi connectivity index (χ3v) is 4.09. The Labute approximate surface area is 183 Å². The van der Waals surface area contributed by atoms with E-state index < -0.39 is 18.7 Å². The fourth-order valence-electron chi connectivity index (χ4n) is 2.62. The number of halogens is 3. The molecule has 174 valence electrons. The minimum absolute atomic E-state index is 0.0333. The second kappa shape index (κ2) is 12.5. The molecule has 0 radical (unpaired) electrons. The van der Waals surface area contributed by atoms with E-state index >= 15 is 0 Å². The Kier molecular flexibility index (Phi) is 9.77. The van der Waals surface area contributed by atoms with Gasteiger partial charge in [0.05, 0.1) is 31.0 Å². The number of esters is 1. The molecular formula is C22H25F3N2O5. The van der Waals surface area contributed by atoms with Crippen LogP contribution in [0.15, 0.2) is 42.6 Å². The molecule has 0 bridgehead atoms. The summed E-state index contributed by atoms with van der Waals surface area (Å²) >= 11 is 0. The van der Waals surface area contributed by atoms with Crippen LogP contribution in [0.1, 0.15) is 42.2 Å². The number of alkyl halides is 3. The molecule has 0 saturated carbocycles. The Morgan fingerprint density at radius 1 is 1.09 bits per heavy atom. The minimum atomic E-state index is -4.50. The number of nitrogens with zero attached hydrogens (tertiary/aromatic N) is 1. The summed E-state index contributed by atoms with van der Waals surface area (Å²) in [5, 5.41) is 2.67. The zero-order valence-electron chi connectivity index (χ0n) is 17.6. The maximum Gasteiger partial charge on any atom is 0.422 e. The molecule has 1 N–H and O–H groups in total. The van der Waals surface area contributed by atoms with Gasteiger partial charge >= 0.3 is 12.1 Å². The van der Waals surface area contributed by atoms with Gasteiger partial charge < -0.3 is 19.5 Å². The second-order valence-electron chi connectivity index (χ2n) is 6.68. The topological polar surface area (TPSA) is 86.8 Å². The number of unbranched alkanes of at least 4 members (excludes halogenated alkanes) is 1. The molecule has 0 spiro atoms. The molecule has 10 heteroatoms. The second-order valence-corrected chi connectivity index (χ2v) is 6.68. The van der Waals surface area contributed by atoms with Gasteiger partial charge in [-0.2, -0.15) is 13.2 Å². The molecule has 2 aromatic rings. The van der Waals surface area contributed by atoms with Crippen LogP contribution in [0.4, 0.5) is 13.2 Å². The van der Waals surface area contributed by atoms with Gasteiger partial charge in [-0.3, -0.25) is 14.6 Å². The van der Waals surface area contributed by atoms with Crippen LogP contribution in [0.2, 0.25) is 0 Å². The fourth-order valence-corrected chi connectivity index (χ4v) is 2.62. The normalized spacial score (nSPS) is 11.0. The number of pyridine rings is 1. The molecule has 7 nitrogen and oxygen atoms in total. The Hall–Kier alpha value is -3.30. The average Bonchev–Trinajstić information content (AvgIpc) is 2.76. The van der Waals surface area contributed by atoms with Crippen molar-refractivity contribution >= 4 is 11.9 Å². The molecule has 0 unspecified atom stereocenters. The van der Waals surface area contributed by atoms with Gasteiger partial charge in [0.1, 0.15) is 11.5 Å². The first-order valence-electron chi connectivity index (χ1n) is 10.1. The summed E-state index contributed by atoms with van der Waals surface area (Å²) in [7, 11) is 0. The van der Waals surface area contributed by atoms with E-state index in [4.69, 9.17) is 14.2 Å². The van der Waals surface area contributed by atoms with Crippen molar-refractivity contribution < 1.29 is 37.0 Å². The number of aromatic nitrogens is 1. The number of rotatable bonds is 12. The van der Waals surface area contributed by atoms with Gasteiger partial charge in [-0.15, -0.1) is 0 Å². The van der Waals surface area contributed by atoms with Crippen LogP contribution in [0.25, 0.3) is 0 Å². The third-order valence-electron chi connectivity index (χ3n) is 4.09. The number of amides is 1. The highest BCUT2D eigenvalue weighted by Crippen LogP contribution is 2.26. The summed E-state index contributed by atoms with van der Waals surface area (Å²) in [6.45, 7) is 0.906. The SMILES string of the molecule is CCOC(=O)CCCCOc1ccc(OCC(F)(F)F)cc1C(=O)NCc1ccccn1. The van der Waals surface area contributed by atoms with E-state index in [1.807, 2.05) is 0 Å². The van der Waals surface area contributed by atoms with E-state index in [0.717, 1.165) is 0 Å².